The van der Waals surface area contributed by atoms with E-state index in [1.807, 2.05) is 42.7 Å². The molecule has 0 saturated carbocycles. The first-order valence-corrected chi connectivity index (χ1v) is 18.5. The Kier molecular flexibility index (Phi) is 15.2. The number of carbonyl (C=O) groups is 6. The summed E-state index contributed by atoms with van der Waals surface area (Å²) >= 11 is 0. The monoisotopic (exact) mass is 764 g/mol. The normalized spacial score (nSPS) is 14.0. The molecule has 298 valence electrons. The predicted octanol–water partition coefficient (Wildman–Crippen LogP) is 3.10. The zero-order valence-electron chi connectivity index (χ0n) is 32.4. The van der Waals surface area contributed by atoms with E-state index in [0.717, 1.165) is 10.9 Å². The van der Waals surface area contributed by atoms with E-state index >= 15 is 0 Å². The molecule has 6 amide bonds. The minimum atomic E-state index is -0.751. The highest BCUT2D eigenvalue weighted by molar-refractivity contribution is 6.13. The van der Waals surface area contributed by atoms with Gasteiger partial charge in [0.15, 0.2) is 5.82 Å². The van der Waals surface area contributed by atoms with Crippen molar-refractivity contribution >= 4 is 63.4 Å². The molecule has 17 heteroatoms. The van der Waals surface area contributed by atoms with Crippen LogP contribution in [0.2, 0.25) is 0 Å². The van der Waals surface area contributed by atoms with Gasteiger partial charge in [0, 0.05) is 43.7 Å². The summed E-state index contributed by atoms with van der Waals surface area (Å²) in [5, 5.41) is 11.5. The number of unbranched alkanes of at least 4 members (excludes halogenated alkanes) is 2. The van der Waals surface area contributed by atoms with Crippen LogP contribution < -0.4 is 21.3 Å². The minimum absolute atomic E-state index is 0.192. The van der Waals surface area contributed by atoms with E-state index in [2.05, 4.69) is 26.3 Å². The van der Waals surface area contributed by atoms with E-state index in [4.69, 9.17) is 19.2 Å². The maximum absolute atomic E-state index is 12.9. The van der Waals surface area contributed by atoms with Gasteiger partial charge in [-0.3, -0.25) is 28.9 Å². The Morgan fingerprint density at radius 1 is 0.927 bits per heavy atom. The number of fused-ring (bicyclic) bond motifs is 3. The largest absolute Gasteiger partial charge is 0.444 e. The van der Waals surface area contributed by atoms with Crippen LogP contribution in [0.15, 0.2) is 36.4 Å². The molecular formula is C38H52N8O9. The predicted molar refractivity (Wildman–Crippen MR) is 204 cm³/mol. The first-order chi connectivity index (χ1) is 26.2. The Bertz CT molecular complexity index is 1880. The molecule has 0 saturated heterocycles. The number of para-hydroxylation sites is 1. The lowest BCUT2D eigenvalue weighted by atomic mass is 10.1. The van der Waals surface area contributed by atoms with Crippen LogP contribution in [0.1, 0.15) is 73.1 Å². The van der Waals surface area contributed by atoms with Gasteiger partial charge in [0.05, 0.1) is 30.3 Å². The van der Waals surface area contributed by atoms with Crippen LogP contribution in [0.5, 0.6) is 0 Å². The van der Waals surface area contributed by atoms with Gasteiger partial charge in [0.2, 0.25) is 17.7 Å². The maximum atomic E-state index is 12.9. The Labute approximate surface area is 319 Å². The number of aromatic nitrogens is 3. The second-order valence-corrected chi connectivity index (χ2v) is 14.1. The highest BCUT2D eigenvalue weighted by Gasteiger charge is 2.24. The summed E-state index contributed by atoms with van der Waals surface area (Å²) in [7, 11) is 0. The van der Waals surface area contributed by atoms with Crippen molar-refractivity contribution in [1.82, 2.24) is 35.4 Å². The van der Waals surface area contributed by atoms with Crippen LogP contribution in [-0.2, 0) is 51.3 Å². The third-order valence-corrected chi connectivity index (χ3v) is 8.35. The fraction of sp³-hybridized carbons (Fsp3) is 0.526. The van der Waals surface area contributed by atoms with Crippen molar-refractivity contribution < 1.29 is 43.0 Å². The van der Waals surface area contributed by atoms with Crippen molar-refractivity contribution in [2.75, 3.05) is 38.2 Å². The van der Waals surface area contributed by atoms with Crippen molar-refractivity contribution in [1.29, 1.82) is 0 Å². The lowest BCUT2D eigenvalue weighted by Gasteiger charge is -2.19. The number of benzene rings is 1. The highest BCUT2D eigenvalue weighted by atomic mass is 16.6. The van der Waals surface area contributed by atoms with Gasteiger partial charge in [-0.25, -0.2) is 14.8 Å². The number of imidazole rings is 1. The SMILES string of the molecule is CCOCc1nc2c(NC(=O)CNC(=O)OC(C)(C)C)nc3ccccc3c2n1CC(C)OCCNC(=O)C(C)NC(=O)CCCCCN1C(=O)C=CC1=O. The minimum Gasteiger partial charge on any atom is -0.444 e. The number of nitrogens with zero attached hydrogens (tertiary/aromatic N) is 4. The summed E-state index contributed by atoms with van der Waals surface area (Å²) in [4.78, 5) is 84.1. The quantitative estimate of drug-likeness (QED) is 0.0970. The number of hydrogen-bond acceptors (Lipinski definition) is 11. The molecule has 4 N–H and O–H groups in total. The first kappa shape index (κ1) is 42.3. The van der Waals surface area contributed by atoms with Gasteiger partial charge >= 0.3 is 6.09 Å². The van der Waals surface area contributed by atoms with Crippen LogP contribution in [0.25, 0.3) is 21.9 Å². The molecule has 1 aliphatic rings. The number of nitrogens with one attached hydrogen (secondary N) is 4. The average molecular weight is 765 g/mol. The molecule has 2 aromatic heterocycles. The number of hydrogen-bond donors (Lipinski definition) is 4. The van der Waals surface area contributed by atoms with Gasteiger partial charge in [0.25, 0.3) is 11.8 Å². The zero-order chi connectivity index (χ0) is 40.1. The summed E-state index contributed by atoms with van der Waals surface area (Å²) in [5.41, 5.74) is 1.07. The maximum Gasteiger partial charge on any atom is 0.408 e. The molecule has 55 heavy (non-hydrogen) atoms. The third kappa shape index (κ3) is 12.6. The van der Waals surface area contributed by atoms with Crippen LogP contribution in [0, 0.1) is 0 Å². The summed E-state index contributed by atoms with van der Waals surface area (Å²) in [6, 6.07) is 6.73. The molecule has 17 nitrogen and oxygen atoms in total. The molecule has 2 atom stereocenters. The number of rotatable bonds is 20. The van der Waals surface area contributed by atoms with Crippen LogP contribution in [0.4, 0.5) is 10.6 Å². The van der Waals surface area contributed by atoms with Gasteiger partial charge in [-0.1, -0.05) is 24.6 Å². The Morgan fingerprint density at radius 3 is 2.36 bits per heavy atom. The first-order valence-electron chi connectivity index (χ1n) is 18.5. The van der Waals surface area contributed by atoms with Crippen molar-refractivity contribution in [3.05, 3.63) is 42.2 Å². The van der Waals surface area contributed by atoms with Gasteiger partial charge < -0.3 is 40.0 Å². The van der Waals surface area contributed by atoms with E-state index in [9.17, 15) is 28.8 Å². The Balaban J connectivity index is 1.31. The molecule has 2 unspecified atom stereocenters. The number of amides is 6. The Morgan fingerprint density at radius 2 is 1.65 bits per heavy atom. The molecule has 0 spiro atoms. The van der Waals surface area contributed by atoms with Crippen molar-refractivity contribution in [2.24, 2.45) is 0 Å². The molecule has 1 aliphatic heterocycles. The summed E-state index contributed by atoms with van der Waals surface area (Å²) in [5.74, 6) is -0.940. The average Bonchev–Trinajstić information content (AvgIpc) is 3.65. The second kappa shape index (κ2) is 19.8. The molecular weight excluding hydrogens is 712 g/mol. The topological polar surface area (TPSA) is 212 Å². The lowest BCUT2D eigenvalue weighted by Crippen LogP contribution is -2.45. The number of pyridine rings is 1. The van der Waals surface area contributed by atoms with E-state index in [-0.39, 0.29) is 68.3 Å². The molecule has 3 aromatic rings. The molecule has 1 aromatic carbocycles. The Hall–Kier alpha value is -5.42. The highest BCUT2D eigenvalue weighted by Crippen LogP contribution is 2.31. The van der Waals surface area contributed by atoms with Gasteiger partial charge in [0.1, 0.15) is 36.1 Å². The van der Waals surface area contributed by atoms with Crippen molar-refractivity contribution in [3.63, 3.8) is 0 Å². The van der Waals surface area contributed by atoms with Crippen LogP contribution in [-0.4, -0.2) is 106 Å². The third-order valence-electron chi connectivity index (χ3n) is 8.35. The molecule has 0 bridgehead atoms. The van der Waals surface area contributed by atoms with Gasteiger partial charge in [-0.2, -0.15) is 0 Å². The smallest absolute Gasteiger partial charge is 0.408 e. The van der Waals surface area contributed by atoms with Crippen LogP contribution in [0.3, 0.4) is 0 Å². The number of imide groups is 1. The van der Waals surface area contributed by atoms with E-state index < -0.39 is 23.6 Å². The number of carbonyl (C=O) groups excluding carboxylic acids is 6. The van der Waals surface area contributed by atoms with Crippen LogP contribution >= 0.6 is 0 Å². The van der Waals surface area contributed by atoms with Gasteiger partial charge in [-0.05, 0) is 60.5 Å². The molecule has 4 rings (SSSR count). The van der Waals surface area contributed by atoms with E-state index in [1.54, 1.807) is 27.7 Å². The zero-order valence-corrected chi connectivity index (χ0v) is 32.4. The molecule has 3 heterocycles. The number of ether oxygens (including phenoxy) is 3. The lowest BCUT2D eigenvalue weighted by molar-refractivity contribution is -0.137. The summed E-state index contributed by atoms with van der Waals surface area (Å²) in [6.45, 7) is 12.0. The second-order valence-electron chi connectivity index (χ2n) is 14.1. The van der Waals surface area contributed by atoms with Crippen molar-refractivity contribution in [3.8, 4) is 0 Å². The number of alkyl carbamates (subject to hydrolysis) is 1. The van der Waals surface area contributed by atoms with Crippen molar-refractivity contribution in [2.45, 2.75) is 98.1 Å². The molecule has 0 fully saturated rings. The molecule has 0 aliphatic carbocycles. The van der Waals surface area contributed by atoms with E-state index in [0.29, 0.717) is 55.8 Å². The fourth-order valence-electron chi connectivity index (χ4n) is 5.77. The summed E-state index contributed by atoms with van der Waals surface area (Å²) in [6.07, 6.45) is 3.46. The fourth-order valence-corrected chi connectivity index (χ4v) is 5.77. The standard InChI is InChI=1S/C38H52N8O9/c1-7-53-23-28-43-33-34(26-13-10-11-14-27(26)42-35(33)44-30(48)21-40-37(52)55-38(4,5)6)46(28)22-24(2)54-20-18-39-36(51)25(3)41-29(47)15-9-8-12-19-45-31(49)16-17-32(45)50/h10-11,13-14,16-17,24-25H,7-9,12,15,18-23H2,1-6H3,(H,39,51)(H,40,52)(H,41,47)(H,42,44,48). The number of anilines is 1. The van der Waals surface area contributed by atoms with Gasteiger partial charge in [-0.15, -0.1) is 0 Å². The molecule has 0 radical (unpaired) electrons. The van der Waals surface area contributed by atoms with E-state index in [1.165, 1.54) is 17.1 Å². The summed E-state index contributed by atoms with van der Waals surface area (Å²) < 4.78 is 19.0.